The van der Waals surface area contributed by atoms with Crippen molar-refractivity contribution in [2.45, 2.75) is 17.6 Å². The molecule has 0 atom stereocenters. The Morgan fingerprint density at radius 1 is 1.07 bits per heavy atom. The van der Waals surface area contributed by atoms with Gasteiger partial charge in [0, 0.05) is 27.2 Å². The lowest BCUT2D eigenvalue weighted by Gasteiger charge is -2.03. The molecule has 0 fully saturated rings. The van der Waals surface area contributed by atoms with E-state index < -0.39 is 0 Å². The first-order valence-corrected chi connectivity index (χ1v) is 11.2. The van der Waals surface area contributed by atoms with Gasteiger partial charge in [0.1, 0.15) is 5.01 Å². The lowest BCUT2D eigenvalue weighted by atomic mass is 10.2. The number of carbonyl (C=O) groups excluding carboxylic acids is 1. The van der Waals surface area contributed by atoms with Crippen LogP contribution in [0.1, 0.15) is 21.1 Å². The number of nitrogens with zero attached hydrogens (tertiary/aromatic N) is 3. The van der Waals surface area contributed by atoms with E-state index in [2.05, 4.69) is 25.9 Å². The number of rotatable bonds is 6. The largest absolute Gasteiger partial charge is 0.296 e. The van der Waals surface area contributed by atoms with E-state index >= 15 is 0 Å². The Hall–Kier alpha value is -2.55. The molecule has 4 aromatic rings. The number of hydrogen-bond acceptors (Lipinski definition) is 7. The number of benzene rings is 2. The number of thiazole rings is 1. The summed E-state index contributed by atoms with van der Waals surface area (Å²) >= 11 is 4.72. The first kappa shape index (κ1) is 18.8. The van der Waals surface area contributed by atoms with Gasteiger partial charge in [-0.1, -0.05) is 41.7 Å². The first-order chi connectivity index (χ1) is 13.7. The van der Waals surface area contributed by atoms with Crippen LogP contribution in [-0.4, -0.2) is 21.1 Å². The molecule has 4 rings (SSSR count). The maximum absolute atomic E-state index is 12.5. The van der Waals surface area contributed by atoms with Crippen LogP contribution in [0, 0.1) is 6.92 Å². The van der Waals surface area contributed by atoms with Gasteiger partial charge >= 0.3 is 0 Å². The Bertz CT molecular complexity index is 1070. The van der Waals surface area contributed by atoms with Crippen molar-refractivity contribution < 1.29 is 4.79 Å². The molecule has 2 aromatic heterocycles. The van der Waals surface area contributed by atoms with E-state index in [1.165, 1.54) is 11.3 Å². The minimum Gasteiger partial charge on any atom is -0.296 e. The molecule has 8 heteroatoms. The molecule has 0 bridgehead atoms. The molecule has 140 valence electrons. The molecule has 0 radical (unpaired) electrons. The average molecular weight is 425 g/mol. The van der Waals surface area contributed by atoms with Gasteiger partial charge in [0.15, 0.2) is 0 Å². The third-order valence-electron chi connectivity index (χ3n) is 3.84. The summed E-state index contributed by atoms with van der Waals surface area (Å²) in [5.41, 5.74) is 2.65. The minimum absolute atomic E-state index is 0.192. The van der Waals surface area contributed by atoms with Crippen LogP contribution in [0.15, 0.2) is 64.9 Å². The van der Waals surface area contributed by atoms with E-state index in [1.807, 2.05) is 61.5 Å². The van der Waals surface area contributed by atoms with Crippen molar-refractivity contribution in [3.63, 3.8) is 0 Å². The van der Waals surface area contributed by atoms with Gasteiger partial charge in [0.25, 0.3) is 5.91 Å². The van der Waals surface area contributed by atoms with Crippen LogP contribution < -0.4 is 5.32 Å². The summed E-state index contributed by atoms with van der Waals surface area (Å²) in [4.78, 5) is 18.0. The van der Waals surface area contributed by atoms with Gasteiger partial charge in [-0.25, -0.2) is 4.98 Å². The Balaban J connectivity index is 1.36. The third-order valence-corrected chi connectivity index (χ3v) is 6.59. The fourth-order valence-electron chi connectivity index (χ4n) is 2.47. The van der Waals surface area contributed by atoms with Crippen molar-refractivity contribution >= 4 is 45.5 Å². The molecule has 5 nitrogen and oxygen atoms in total. The summed E-state index contributed by atoms with van der Waals surface area (Å²) in [5.74, 6) is 0.630. The normalized spacial score (nSPS) is 10.8. The molecule has 0 aliphatic carbocycles. The summed E-state index contributed by atoms with van der Waals surface area (Å²) in [5, 5.41) is 15.5. The lowest BCUT2D eigenvalue weighted by Crippen LogP contribution is -2.11. The number of aromatic nitrogens is 3. The van der Waals surface area contributed by atoms with Gasteiger partial charge in [-0.3, -0.25) is 10.1 Å². The molecule has 2 aromatic carbocycles. The first-order valence-electron chi connectivity index (χ1n) is 8.51. The summed E-state index contributed by atoms with van der Waals surface area (Å²) in [7, 11) is 0. The van der Waals surface area contributed by atoms with Gasteiger partial charge in [0.2, 0.25) is 5.13 Å². The van der Waals surface area contributed by atoms with Crippen molar-refractivity contribution in [3.05, 3.63) is 76.2 Å². The molecular weight excluding hydrogens is 408 g/mol. The predicted molar refractivity (Wildman–Crippen MR) is 116 cm³/mol. The Morgan fingerprint density at radius 2 is 1.86 bits per heavy atom. The smallest absolute Gasteiger partial charge is 0.257 e. The SMILES string of the molecule is Cc1nc(CSc2ccc(C(=O)Nc3nnc(-c4ccccc4)s3)cc2)cs1. The molecule has 0 saturated heterocycles. The molecular formula is C20H16N4OS3. The van der Waals surface area contributed by atoms with Crippen LogP contribution in [0.3, 0.4) is 0 Å². The third kappa shape index (κ3) is 4.64. The monoisotopic (exact) mass is 424 g/mol. The summed E-state index contributed by atoms with van der Waals surface area (Å²) < 4.78 is 0. The van der Waals surface area contributed by atoms with Crippen LogP contribution in [-0.2, 0) is 5.75 Å². The number of hydrogen-bond donors (Lipinski definition) is 1. The van der Waals surface area contributed by atoms with Crippen LogP contribution in [0.4, 0.5) is 5.13 Å². The summed E-state index contributed by atoms with van der Waals surface area (Å²) in [6.45, 7) is 2.01. The number of amides is 1. The number of aryl methyl sites for hydroxylation is 1. The standard InChI is InChI=1S/C20H16N4OS3/c1-13-21-16(11-26-13)12-27-17-9-7-14(8-10-17)18(25)22-20-24-23-19(28-20)15-5-3-2-4-6-15/h2-11H,12H2,1H3,(H,22,24,25). The van der Waals surface area contributed by atoms with Crippen molar-refractivity contribution in [3.8, 4) is 10.6 Å². The van der Waals surface area contributed by atoms with Gasteiger partial charge in [0.05, 0.1) is 10.7 Å². The number of anilines is 1. The minimum atomic E-state index is -0.192. The van der Waals surface area contributed by atoms with Crippen molar-refractivity contribution in [2.24, 2.45) is 0 Å². The summed E-state index contributed by atoms with van der Waals surface area (Å²) in [6, 6.07) is 17.3. The van der Waals surface area contributed by atoms with Crippen LogP contribution >= 0.6 is 34.4 Å². The van der Waals surface area contributed by atoms with E-state index in [0.717, 1.165) is 31.9 Å². The molecule has 1 N–H and O–H groups in total. The second-order valence-corrected chi connectivity index (χ2v) is 8.99. The molecule has 28 heavy (non-hydrogen) atoms. The average Bonchev–Trinajstić information content (AvgIpc) is 3.36. The molecule has 0 aliphatic heterocycles. The second-order valence-electron chi connectivity index (χ2n) is 5.90. The van der Waals surface area contributed by atoms with Crippen molar-refractivity contribution in [1.82, 2.24) is 15.2 Å². The zero-order chi connectivity index (χ0) is 19.3. The van der Waals surface area contributed by atoms with E-state index in [0.29, 0.717) is 10.7 Å². The zero-order valence-electron chi connectivity index (χ0n) is 15.0. The van der Waals surface area contributed by atoms with Gasteiger partial charge in [-0.05, 0) is 31.2 Å². The highest BCUT2D eigenvalue weighted by atomic mass is 32.2. The Morgan fingerprint density at radius 3 is 2.57 bits per heavy atom. The fraction of sp³-hybridized carbons (Fsp3) is 0.100. The van der Waals surface area contributed by atoms with Gasteiger partial charge in [-0.15, -0.1) is 33.3 Å². The topological polar surface area (TPSA) is 67.8 Å². The van der Waals surface area contributed by atoms with Crippen molar-refractivity contribution in [1.29, 1.82) is 0 Å². The van der Waals surface area contributed by atoms with Crippen molar-refractivity contribution in [2.75, 3.05) is 5.32 Å². The van der Waals surface area contributed by atoms with E-state index in [9.17, 15) is 4.79 Å². The molecule has 0 aliphatic rings. The highest BCUT2D eigenvalue weighted by molar-refractivity contribution is 7.98. The number of nitrogens with one attached hydrogen (secondary N) is 1. The molecule has 2 heterocycles. The second kappa shape index (κ2) is 8.64. The van der Waals surface area contributed by atoms with Gasteiger partial charge < -0.3 is 0 Å². The van der Waals surface area contributed by atoms with E-state index in [4.69, 9.17) is 0 Å². The predicted octanol–water partition coefficient (Wildman–Crippen LogP) is 5.51. The van der Waals surface area contributed by atoms with Crippen LogP contribution in [0.2, 0.25) is 0 Å². The number of carbonyl (C=O) groups is 1. The zero-order valence-corrected chi connectivity index (χ0v) is 17.4. The quantitative estimate of drug-likeness (QED) is 0.413. The van der Waals surface area contributed by atoms with E-state index in [1.54, 1.807) is 23.1 Å². The highest BCUT2D eigenvalue weighted by Crippen LogP contribution is 2.27. The van der Waals surface area contributed by atoms with Crippen LogP contribution in [0.25, 0.3) is 10.6 Å². The Kier molecular flexibility index (Phi) is 5.80. The van der Waals surface area contributed by atoms with Gasteiger partial charge in [-0.2, -0.15) is 0 Å². The Labute approximate surface area is 174 Å². The number of thioether (sulfide) groups is 1. The maximum atomic E-state index is 12.5. The molecule has 1 amide bonds. The maximum Gasteiger partial charge on any atom is 0.257 e. The van der Waals surface area contributed by atoms with E-state index in [-0.39, 0.29) is 5.91 Å². The molecule has 0 saturated carbocycles. The molecule has 0 spiro atoms. The summed E-state index contributed by atoms with van der Waals surface area (Å²) in [6.07, 6.45) is 0. The lowest BCUT2D eigenvalue weighted by molar-refractivity contribution is 0.102. The molecule has 0 unspecified atom stereocenters. The van der Waals surface area contributed by atoms with Crippen LogP contribution in [0.5, 0.6) is 0 Å². The highest BCUT2D eigenvalue weighted by Gasteiger charge is 2.11. The fourth-order valence-corrected chi connectivity index (χ4v) is 4.73.